The largest absolute Gasteiger partial charge is 0.340 e. The molecule has 1 aromatic heterocycles. The minimum Gasteiger partial charge on any atom is -0.340 e. The highest BCUT2D eigenvalue weighted by Gasteiger charge is 2.13. The highest BCUT2D eigenvalue weighted by atomic mass is 15.0. The summed E-state index contributed by atoms with van der Waals surface area (Å²) in [5.41, 5.74) is 5.59. The van der Waals surface area contributed by atoms with E-state index in [4.69, 9.17) is 0 Å². The van der Waals surface area contributed by atoms with Gasteiger partial charge in [0.15, 0.2) is 0 Å². The van der Waals surface area contributed by atoms with Crippen LogP contribution in [0.1, 0.15) is 37.6 Å². The molecule has 3 rings (SSSR count). The summed E-state index contributed by atoms with van der Waals surface area (Å²) in [5, 5.41) is 1.32. The average Bonchev–Trinajstić information content (AvgIpc) is 2.75. The van der Waals surface area contributed by atoms with E-state index in [2.05, 4.69) is 86.9 Å². The van der Waals surface area contributed by atoms with Gasteiger partial charge in [0.05, 0.1) is 0 Å². The van der Waals surface area contributed by atoms with Gasteiger partial charge in [0.1, 0.15) is 0 Å². The highest BCUT2D eigenvalue weighted by molar-refractivity contribution is 5.81. The number of fused-ring (bicyclic) bond motifs is 1. The van der Waals surface area contributed by atoms with Crippen LogP contribution in [0.5, 0.6) is 0 Å². The molecule has 1 nitrogen and oxygen atoms in total. The highest BCUT2D eigenvalue weighted by Crippen LogP contribution is 2.24. The van der Waals surface area contributed by atoms with Gasteiger partial charge >= 0.3 is 0 Å². The lowest BCUT2D eigenvalue weighted by molar-refractivity contribution is 0.590. The topological polar surface area (TPSA) is 4.93 Å². The fourth-order valence-corrected chi connectivity index (χ4v) is 2.85. The van der Waals surface area contributed by atoms with E-state index >= 15 is 0 Å². The van der Waals surface area contributed by atoms with Gasteiger partial charge < -0.3 is 4.57 Å². The second-order valence-electron chi connectivity index (χ2n) is 6.88. The fraction of sp³-hybridized carbons (Fsp3) is 0.300. The van der Waals surface area contributed by atoms with Crippen LogP contribution in [-0.2, 0) is 12.0 Å². The quantitative estimate of drug-likeness (QED) is 0.599. The Labute approximate surface area is 127 Å². The summed E-state index contributed by atoms with van der Waals surface area (Å²) in [6, 6.07) is 19.9. The molecule has 0 bridgehead atoms. The number of nitrogens with zero attached hydrogens (tertiary/aromatic N) is 1. The first-order chi connectivity index (χ1) is 9.95. The van der Waals surface area contributed by atoms with E-state index in [0.717, 1.165) is 6.54 Å². The standard InChI is InChI=1S/C20H23N/c1-15-13-17-7-5-6-8-19(17)21(15)14-16-9-11-18(12-10-16)20(2,3)4/h5-13H,14H2,1-4H3. The molecule has 0 N–H and O–H groups in total. The van der Waals surface area contributed by atoms with E-state index in [0.29, 0.717) is 0 Å². The van der Waals surface area contributed by atoms with Crippen LogP contribution in [0.4, 0.5) is 0 Å². The number of hydrogen-bond acceptors (Lipinski definition) is 0. The molecule has 0 saturated carbocycles. The van der Waals surface area contributed by atoms with Crippen molar-refractivity contribution in [3.8, 4) is 0 Å². The summed E-state index contributed by atoms with van der Waals surface area (Å²) in [4.78, 5) is 0. The molecule has 2 aromatic carbocycles. The molecule has 0 saturated heterocycles. The first kappa shape index (κ1) is 13.9. The van der Waals surface area contributed by atoms with Crippen LogP contribution >= 0.6 is 0 Å². The molecular formula is C20H23N. The SMILES string of the molecule is Cc1cc2ccccc2n1Cc1ccc(C(C)(C)C)cc1. The Kier molecular flexibility index (Phi) is 3.36. The van der Waals surface area contributed by atoms with Crippen molar-refractivity contribution in [3.63, 3.8) is 0 Å². The van der Waals surface area contributed by atoms with Crippen LogP contribution < -0.4 is 0 Å². The number of hydrogen-bond donors (Lipinski definition) is 0. The normalized spacial score (nSPS) is 12.0. The smallest absolute Gasteiger partial charge is 0.0485 e. The third-order valence-electron chi connectivity index (χ3n) is 4.18. The van der Waals surface area contributed by atoms with Crippen molar-refractivity contribution in [3.05, 3.63) is 71.4 Å². The number of para-hydroxylation sites is 1. The van der Waals surface area contributed by atoms with E-state index in [-0.39, 0.29) is 5.41 Å². The molecule has 1 heteroatoms. The van der Waals surface area contributed by atoms with Crippen molar-refractivity contribution in [2.75, 3.05) is 0 Å². The second kappa shape index (κ2) is 5.07. The van der Waals surface area contributed by atoms with Crippen LogP contribution in [0.25, 0.3) is 10.9 Å². The van der Waals surface area contributed by atoms with E-state index < -0.39 is 0 Å². The Morgan fingerprint density at radius 3 is 2.24 bits per heavy atom. The molecule has 0 radical (unpaired) electrons. The third kappa shape index (κ3) is 2.73. The summed E-state index contributed by atoms with van der Waals surface area (Å²) >= 11 is 0. The summed E-state index contributed by atoms with van der Waals surface area (Å²) in [6.07, 6.45) is 0. The molecule has 108 valence electrons. The summed E-state index contributed by atoms with van der Waals surface area (Å²) < 4.78 is 2.39. The van der Waals surface area contributed by atoms with Crippen molar-refractivity contribution < 1.29 is 0 Å². The molecule has 0 aliphatic rings. The monoisotopic (exact) mass is 277 g/mol. The predicted octanol–water partition coefficient (Wildman–Crippen LogP) is 5.30. The number of rotatable bonds is 2. The van der Waals surface area contributed by atoms with E-state index in [9.17, 15) is 0 Å². The minimum absolute atomic E-state index is 0.217. The zero-order valence-electron chi connectivity index (χ0n) is 13.4. The molecule has 0 amide bonds. The van der Waals surface area contributed by atoms with E-state index in [1.165, 1.54) is 27.7 Å². The summed E-state index contributed by atoms with van der Waals surface area (Å²) in [5.74, 6) is 0. The lowest BCUT2D eigenvalue weighted by Crippen LogP contribution is -2.11. The first-order valence-electron chi connectivity index (χ1n) is 7.59. The molecule has 0 spiro atoms. The van der Waals surface area contributed by atoms with Crippen LogP contribution in [0.15, 0.2) is 54.6 Å². The third-order valence-corrected chi connectivity index (χ3v) is 4.18. The van der Waals surface area contributed by atoms with Gasteiger partial charge in [0.2, 0.25) is 0 Å². The Morgan fingerprint density at radius 1 is 0.905 bits per heavy atom. The van der Waals surface area contributed by atoms with Crippen LogP contribution in [0.2, 0.25) is 0 Å². The van der Waals surface area contributed by atoms with Gasteiger partial charge in [-0.25, -0.2) is 0 Å². The molecule has 0 atom stereocenters. The average molecular weight is 277 g/mol. The van der Waals surface area contributed by atoms with Crippen molar-refractivity contribution in [2.24, 2.45) is 0 Å². The van der Waals surface area contributed by atoms with Crippen LogP contribution in [-0.4, -0.2) is 4.57 Å². The van der Waals surface area contributed by atoms with E-state index in [1.807, 2.05) is 0 Å². The Bertz CT molecular complexity index is 755. The molecule has 1 heterocycles. The maximum absolute atomic E-state index is 2.39. The predicted molar refractivity (Wildman–Crippen MR) is 90.9 cm³/mol. The van der Waals surface area contributed by atoms with Gasteiger partial charge in [-0.05, 0) is 41.0 Å². The minimum atomic E-state index is 0.217. The number of benzene rings is 2. The number of aryl methyl sites for hydroxylation is 1. The summed E-state index contributed by atoms with van der Waals surface area (Å²) in [6.45, 7) is 9.89. The lowest BCUT2D eigenvalue weighted by Gasteiger charge is -2.19. The van der Waals surface area contributed by atoms with Crippen molar-refractivity contribution >= 4 is 10.9 Å². The fourth-order valence-electron chi connectivity index (χ4n) is 2.85. The van der Waals surface area contributed by atoms with Gasteiger partial charge in [-0.3, -0.25) is 0 Å². The maximum atomic E-state index is 2.39. The zero-order valence-corrected chi connectivity index (χ0v) is 13.4. The van der Waals surface area contributed by atoms with Gasteiger partial charge in [-0.2, -0.15) is 0 Å². The first-order valence-corrected chi connectivity index (χ1v) is 7.59. The molecule has 3 aromatic rings. The maximum Gasteiger partial charge on any atom is 0.0485 e. The second-order valence-corrected chi connectivity index (χ2v) is 6.88. The Balaban J connectivity index is 1.94. The van der Waals surface area contributed by atoms with Gasteiger partial charge in [0.25, 0.3) is 0 Å². The lowest BCUT2D eigenvalue weighted by atomic mass is 9.87. The molecular weight excluding hydrogens is 254 g/mol. The molecule has 21 heavy (non-hydrogen) atoms. The Hall–Kier alpha value is -2.02. The van der Waals surface area contributed by atoms with Crippen LogP contribution in [0.3, 0.4) is 0 Å². The molecule has 0 unspecified atom stereocenters. The van der Waals surface area contributed by atoms with Gasteiger partial charge in [-0.15, -0.1) is 0 Å². The van der Waals surface area contributed by atoms with Crippen molar-refractivity contribution in [1.29, 1.82) is 0 Å². The molecule has 0 fully saturated rings. The van der Waals surface area contributed by atoms with Crippen LogP contribution in [0, 0.1) is 6.92 Å². The number of aromatic nitrogens is 1. The van der Waals surface area contributed by atoms with Gasteiger partial charge in [-0.1, -0.05) is 63.2 Å². The van der Waals surface area contributed by atoms with Gasteiger partial charge in [0, 0.05) is 17.8 Å². The van der Waals surface area contributed by atoms with Crippen molar-refractivity contribution in [2.45, 2.75) is 39.7 Å². The molecule has 0 aliphatic carbocycles. The summed E-state index contributed by atoms with van der Waals surface area (Å²) in [7, 11) is 0. The van der Waals surface area contributed by atoms with Crippen molar-refractivity contribution in [1.82, 2.24) is 4.57 Å². The molecule has 0 aliphatic heterocycles. The van der Waals surface area contributed by atoms with E-state index in [1.54, 1.807) is 0 Å². The Morgan fingerprint density at radius 2 is 1.57 bits per heavy atom. The zero-order chi connectivity index (χ0) is 15.0.